The summed E-state index contributed by atoms with van der Waals surface area (Å²) < 4.78 is 7.37. The maximum atomic E-state index is 5.49. The first-order chi connectivity index (χ1) is 13.1. The number of rotatable bonds is 9. The van der Waals surface area contributed by atoms with E-state index in [-0.39, 0.29) is 10.8 Å². The van der Waals surface area contributed by atoms with Crippen LogP contribution >= 0.6 is 0 Å². The molecule has 28 heavy (non-hydrogen) atoms. The predicted molar refractivity (Wildman–Crippen MR) is 119 cm³/mol. The van der Waals surface area contributed by atoms with Gasteiger partial charge in [-0.15, -0.1) is 0 Å². The molecule has 0 saturated heterocycles. The zero-order valence-electron chi connectivity index (χ0n) is 18.5. The highest BCUT2D eigenvalue weighted by Crippen LogP contribution is 2.48. The Morgan fingerprint density at radius 1 is 1.14 bits per heavy atom. The first-order valence-corrected chi connectivity index (χ1v) is 9.96. The number of para-hydroxylation sites is 2. The second kappa shape index (κ2) is 8.26. The minimum Gasteiger partial charge on any atom is -0.494 e. The molecule has 1 heterocycles. The fraction of sp³-hybridized carbons (Fsp3) is 0.458. The first kappa shape index (κ1) is 21.8. The van der Waals surface area contributed by atoms with Crippen molar-refractivity contribution in [3.05, 3.63) is 60.6 Å². The molecule has 0 saturated carbocycles. The summed E-state index contributed by atoms with van der Waals surface area (Å²) in [5.41, 5.74) is 4.78. The Balaban J connectivity index is 2.32. The number of hydrogen-bond acceptors (Lipinski definition) is 3. The van der Waals surface area contributed by atoms with Gasteiger partial charge in [-0.3, -0.25) is 0 Å². The molecule has 1 N–H and O–H groups in total. The van der Waals surface area contributed by atoms with E-state index < -0.39 is 0 Å². The van der Waals surface area contributed by atoms with Crippen LogP contribution in [0.1, 0.15) is 58.7 Å². The molecule has 4 heteroatoms. The van der Waals surface area contributed by atoms with Crippen molar-refractivity contribution < 1.29 is 4.74 Å². The van der Waals surface area contributed by atoms with E-state index in [1.165, 1.54) is 0 Å². The molecule has 4 nitrogen and oxygen atoms in total. The van der Waals surface area contributed by atoms with Crippen molar-refractivity contribution >= 4 is 5.70 Å². The van der Waals surface area contributed by atoms with Gasteiger partial charge in [0.25, 0.3) is 0 Å². The quantitative estimate of drug-likeness (QED) is 0.569. The number of nitrogens with zero attached hydrogens (tertiary/aromatic N) is 2. The van der Waals surface area contributed by atoms with Gasteiger partial charge in [0, 0.05) is 22.4 Å². The van der Waals surface area contributed by atoms with Crippen molar-refractivity contribution in [3.63, 3.8) is 0 Å². The van der Waals surface area contributed by atoms with E-state index in [0.717, 1.165) is 46.9 Å². The number of nitrogens with one attached hydrogen (secondary N) is 1. The lowest BCUT2D eigenvalue weighted by Gasteiger charge is -2.45. The zero-order valence-corrected chi connectivity index (χ0v) is 18.5. The molecule has 152 valence electrons. The van der Waals surface area contributed by atoms with Crippen LogP contribution in [0.25, 0.3) is 11.4 Å². The molecule has 0 bridgehead atoms. The first-order valence-electron chi connectivity index (χ1n) is 9.96. The van der Waals surface area contributed by atoms with Gasteiger partial charge in [-0.1, -0.05) is 66.3 Å². The van der Waals surface area contributed by atoms with E-state index in [1.807, 2.05) is 42.1 Å². The fourth-order valence-corrected chi connectivity index (χ4v) is 3.63. The van der Waals surface area contributed by atoms with Gasteiger partial charge in [0.1, 0.15) is 11.4 Å². The molecule has 1 aromatic heterocycles. The minimum atomic E-state index is -0.0444. The van der Waals surface area contributed by atoms with Crippen molar-refractivity contribution in [1.29, 1.82) is 0 Å². The maximum Gasteiger partial charge on any atom is 0.144 e. The normalized spacial score (nSPS) is 13.7. The number of benzene rings is 1. The van der Waals surface area contributed by atoms with Crippen LogP contribution in [-0.4, -0.2) is 16.9 Å². The smallest absolute Gasteiger partial charge is 0.144 e. The van der Waals surface area contributed by atoms with Gasteiger partial charge >= 0.3 is 0 Å². The third kappa shape index (κ3) is 3.73. The Morgan fingerprint density at radius 2 is 1.79 bits per heavy atom. The summed E-state index contributed by atoms with van der Waals surface area (Å²) in [4.78, 5) is 0. The summed E-state index contributed by atoms with van der Waals surface area (Å²) >= 11 is 0. The lowest BCUT2D eigenvalue weighted by molar-refractivity contribution is 0.114. The van der Waals surface area contributed by atoms with Gasteiger partial charge in [-0.2, -0.15) is 5.10 Å². The van der Waals surface area contributed by atoms with Crippen molar-refractivity contribution in [2.45, 2.75) is 54.4 Å². The highest BCUT2D eigenvalue weighted by molar-refractivity contribution is 5.66. The van der Waals surface area contributed by atoms with Gasteiger partial charge in [0.05, 0.1) is 19.0 Å². The number of methoxy groups -OCH3 is 1. The van der Waals surface area contributed by atoms with Crippen LogP contribution in [-0.2, 0) is 0 Å². The Hall–Kier alpha value is -2.49. The monoisotopic (exact) mass is 381 g/mol. The van der Waals surface area contributed by atoms with Gasteiger partial charge < -0.3 is 10.1 Å². The predicted octanol–water partition coefficient (Wildman–Crippen LogP) is 6.12. The largest absolute Gasteiger partial charge is 0.494 e. The van der Waals surface area contributed by atoms with Gasteiger partial charge in [-0.25, -0.2) is 4.68 Å². The van der Waals surface area contributed by atoms with Crippen LogP contribution in [0.5, 0.6) is 5.75 Å². The van der Waals surface area contributed by atoms with Crippen molar-refractivity contribution in [1.82, 2.24) is 15.1 Å². The molecule has 0 aliphatic heterocycles. The molecule has 0 radical (unpaired) electrons. The molecule has 0 aliphatic carbocycles. The molecule has 2 rings (SSSR count). The van der Waals surface area contributed by atoms with E-state index in [1.54, 1.807) is 7.11 Å². The number of allylic oxidation sites excluding steroid dienone is 1. The molecule has 0 aliphatic rings. The molecule has 0 unspecified atom stereocenters. The third-order valence-corrected chi connectivity index (χ3v) is 6.70. The van der Waals surface area contributed by atoms with E-state index >= 15 is 0 Å². The maximum absolute atomic E-state index is 5.49. The summed E-state index contributed by atoms with van der Waals surface area (Å²) in [6.45, 7) is 22.0. The molecule has 2 aromatic rings. The number of hydrogen-bond donors (Lipinski definition) is 1. The molecular weight excluding hydrogens is 346 g/mol. The van der Waals surface area contributed by atoms with Crippen LogP contribution in [0.3, 0.4) is 0 Å². The van der Waals surface area contributed by atoms with E-state index in [0.29, 0.717) is 0 Å². The van der Waals surface area contributed by atoms with Crippen LogP contribution in [0.4, 0.5) is 0 Å². The summed E-state index contributed by atoms with van der Waals surface area (Å²) in [7, 11) is 1.67. The molecule has 1 aromatic carbocycles. The topological polar surface area (TPSA) is 39.1 Å². The SMILES string of the molecule is C=C(NC(=C)[C@](C)(CC)C(C)(C)CC)c1cnn(-c2ccccc2OC)c1C. The van der Waals surface area contributed by atoms with Crippen LogP contribution in [0, 0.1) is 17.8 Å². The van der Waals surface area contributed by atoms with Crippen LogP contribution < -0.4 is 10.1 Å². The number of aromatic nitrogens is 2. The summed E-state index contributed by atoms with van der Waals surface area (Å²) in [5, 5.41) is 8.07. The van der Waals surface area contributed by atoms with Crippen LogP contribution in [0.2, 0.25) is 0 Å². The molecule has 0 spiro atoms. The summed E-state index contributed by atoms with van der Waals surface area (Å²) in [6.07, 6.45) is 3.93. The summed E-state index contributed by atoms with van der Waals surface area (Å²) in [5.74, 6) is 0.784. The Morgan fingerprint density at radius 3 is 2.36 bits per heavy atom. The second-order valence-electron chi connectivity index (χ2n) is 8.23. The fourth-order valence-electron chi connectivity index (χ4n) is 3.63. The average molecular weight is 382 g/mol. The lowest BCUT2D eigenvalue weighted by atomic mass is 9.62. The van der Waals surface area contributed by atoms with Gasteiger partial charge in [0.2, 0.25) is 0 Å². The third-order valence-electron chi connectivity index (χ3n) is 6.70. The van der Waals surface area contributed by atoms with Crippen molar-refractivity contribution in [2.75, 3.05) is 7.11 Å². The van der Waals surface area contributed by atoms with Gasteiger partial charge in [0.15, 0.2) is 0 Å². The summed E-state index contributed by atoms with van der Waals surface area (Å²) in [6, 6.07) is 7.86. The highest BCUT2D eigenvalue weighted by atomic mass is 16.5. The average Bonchev–Trinajstić information content (AvgIpc) is 3.08. The Bertz CT molecular complexity index is 862. The number of ether oxygens (including phenoxy) is 1. The van der Waals surface area contributed by atoms with Crippen molar-refractivity contribution in [2.24, 2.45) is 10.8 Å². The minimum absolute atomic E-state index is 0.0444. The van der Waals surface area contributed by atoms with Crippen LogP contribution in [0.15, 0.2) is 49.3 Å². The van der Waals surface area contributed by atoms with E-state index in [4.69, 9.17) is 4.74 Å². The highest BCUT2D eigenvalue weighted by Gasteiger charge is 2.40. The molecular formula is C24H35N3O. The Kier molecular flexibility index (Phi) is 6.43. The molecule has 0 fully saturated rings. The second-order valence-corrected chi connectivity index (χ2v) is 8.23. The van der Waals surface area contributed by atoms with E-state index in [9.17, 15) is 0 Å². The zero-order chi connectivity index (χ0) is 21.1. The Labute approximate surface area is 170 Å². The lowest BCUT2D eigenvalue weighted by Crippen LogP contribution is -2.40. The molecule has 1 atom stereocenters. The molecule has 0 amide bonds. The van der Waals surface area contributed by atoms with Crippen molar-refractivity contribution in [3.8, 4) is 11.4 Å². The van der Waals surface area contributed by atoms with E-state index in [2.05, 4.69) is 58.2 Å². The standard InChI is InChI=1S/C24H35N3O/c1-10-23(6,7)24(8,11-2)19(5)26-17(3)20-16-25-27(18(20)4)21-14-12-13-15-22(21)28-9/h12-16,26H,3,5,10-11H2,1-2,4,6-9H3/t24-/m0/s1. The van der Waals surface area contributed by atoms with Gasteiger partial charge in [-0.05, 0) is 30.9 Å².